The van der Waals surface area contributed by atoms with Crippen LogP contribution in [0.1, 0.15) is 22.6 Å². The van der Waals surface area contributed by atoms with Crippen LogP contribution in [0.25, 0.3) is 0 Å². The van der Waals surface area contributed by atoms with Crippen LogP contribution in [0, 0.1) is 11.3 Å². The van der Waals surface area contributed by atoms with Gasteiger partial charge in [-0.3, -0.25) is 4.79 Å². The molecule has 0 aromatic heterocycles. The molecular weight excluding hydrogens is 416 g/mol. The average molecular weight is 438 g/mol. The van der Waals surface area contributed by atoms with Gasteiger partial charge in [-0.1, -0.05) is 61.2 Å². The first kappa shape index (κ1) is 21.7. The van der Waals surface area contributed by atoms with Gasteiger partial charge in [-0.15, -0.1) is 0 Å². The summed E-state index contributed by atoms with van der Waals surface area (Å²) in [4.78, 5) is 12.4. The maximum absolute atomic E-state index is 12.4. The summed E-state index contributed by atoms with van der Waals surface area (Å²) in [7, 11) is 0. The topological polar surface area (TPSA) is 94.6 Å². The standard InChI is InChI=1S/C27H22N2O4/c1-2-13-31-20-10-6-9-19(15-20)26-22-12-11-21(16-24(22)33-27(29)23(26)17-28)32-25(30)14-18-7-4-3-5-8-18/h2-12,15-16,26H,1,13-14,29H2. The average Bonchev–Trinajstić information content (AvgIpc) is 2.82. The van der Waals surface area contributed by atoms with E-state index in [1.807, 2.05) is 54.6 Å². The highest BCUT2D eigenvalue weighted by Crippen LogP contribution is 2.44. The van der Waals surface area contributed by atoms with Crippen molar-refractivity contribution in [3.05, 3.63) is 114 Å². The van der Waals surface area contributed by atoms with Crippen LogP contribution in [-0.2, 0) is 11.2 Å². The molecule has 164 valence electrons. The van der Waals surface area contributed by atoms with Gasteiger partial charge in [-0.2, -0.15) is 5.26 Å². The predicted octanol–water partition coefficient (Wildman–Crippen LogP) is 4.62. The van der Waals surface area contributed by atoms with Crippen molar-refractivity contribution < 1.29 is 19.0 Å². The molecule has 0 saturated carbocycles. The van der Waals surface area contributed by atoms with E-state index in [0.717, 1.165) is 16.7 Å². The summed E-state index contributed by atoms with van der Waals surface area (Å²) >= 11 is 0. The molecule has 2 N–H and O–H groups in total. The molecule has 0 bridgehead atoms. The normalized spacial score (nSPS) is 14.5. The summed E-state index contributed by atoms with van der Waals surface area (Å²) in [6.07, 6.45) is 1.81. The van der Waals surface area contributed by atoms with Crippen molar-refractivity contribution >= 4 is 5.97 Å². The molecule has 0 aliphatic carbocycles. The van der Waals surface area contributed by atoms with Crippen LogP contribution in [0.2, 0.25) is 0 Å². The predicted molar refractivity (Wildman–Crippen MR) is 124 cm³/mol. The highest BCUT2D eigenvalue weighted by molar-refractivity contribution is 5.75. The first-order valence-corrected chi connectivity index (χ1v) is 10.4. The van der Waals surface area contributed by atoms with Gasteiger partial charge in [0.2, 0.25) is 5.88 Å². The Labute approximate surface area is 192 Å². The van der Waals surface area contributed by atoms with Gasteiger partial charge in [0.05, 0.1) is 12.3 Å². The summed E-state index contributed by atoms with van der Waals surface area (Å²) in [6, 6.07) is 24.1. The number of nitriles is 1. The fraction of sp³-hybridized carbons (Fsp3) is 0.111. The molecule has 1 unspecified atom stereocenters. The molecule has 3 aromatic rings. The zero-order valence-electron chi connectivity index (χ0n) is 17.9. The number of esters is 1. The van der Waals surface area contributed by atoms with Gasteiger partial charge in [0.25, 0.3) is 0 Å². The number of benzene rings is 3. The van der Waals surface area contributed by atoms with Gasteiger partial charge in [-0.25, -0.2) is 0 Å². The fourth-order valence-electron chi connectivity index (χ4n) is 3.71. The monoisotopic (exact) mass is 438 g/mol. The van der Waals surface area contributed by atoms with Crippen molar-refractivity contribution in [2.45, 2.75) is 12.3 Å². The van der Waals surface area contributed by atoms with Crippen molar-refractivity contribution in [3.8, 4) is 23.3 Å². The van der Waals surface area contributed by atoms with Crippen molar-refractivity contribution in [3.63, 3.8) is 0 Å². The lowest BCUT2D eigenvalue weighted by molar-refractivity contribution is -0.133. The fourth-order valence-corrected chi connectivity index (χ4v) is 3.71. The van der Waals surface area contributed by atoms with Crippen LogP contribution in [0.4, 0.5) is 0 Å². The van der Waals surface area contributed by atoms with Gasteiger partial charge in [0.15, 0.2) is 0 Å². The number of carbonyl (C=O) groups excluding carboxylic acids is 1. The van der Waals surface area contributed by atoms with E-state index in [0.29, 0.717) is 29.4 Å². The lowest BCUT2D eigenvalue weighted by Gasteiger charge is -2.27. The van der Waals surface area contributed by atoms with E-state index in [1.165, 1.54) is 0 Å². The molecule has 0 amide bonds. The first-order valence-electron chi connectivity index (χ1n) is 10.4. The molecule has 3 aromatic carbocycles. The second-order valence-electron chi connectivity index (χ2n) is 7.43. The summed E-state index contributed by atoms with van der Waals surface area (Å²) in [5.41, 5.74) is 8.82. The zero-order valence-corrected chi connectivity index (χ0v) is 17.9. The van der Waals surface area contributed by atoms with E-state index < -0.39 is 5.92 Å². The molecule has 0 radical (unpaired) electrons. The highest BCUT2D eigenvalue weighted by Gasteiger charge is 2.31. The summed E-state index contributed by atoms with van der Waals surface area (Å²) < 4.78 is 16.9. The molecule has 1 heterocycles. The van der Waals surface area contributed by atoms with Crippen LogP contribution in [0.3, 0.4) is 0 Å². The summed E-state index contributed by atoms with van der Waals surface area (Å²) in [6.45, 7) is 4.03. The quantitative estimate of drug-likeness (QED) is 0.329. The first-order chi connectivity index (χ1) is 16.1. The Bertz CT molecular complexity index is 1260. The Kier molecular flexibility index (Phi) is 6.42. The molecule has 6 heteroatoms. The smallest absolute Gasteiger partial charge is 0.315 e. The highest BCUT2D eigenvalue weighted by atomic mass is 16.5. The Balaban J connectivity index is 1.62. The van der Waals surface area contributed by atoms with Crippen LogP contribution < -0.4 is 19.9 Å². The third-order valence-electron chi connectivity index (χ3n) is 5.17. The lowest BCUT2D eigenvalue weighted by Crippen LogP contribution is -2.21. The molecule has 0 spiro atoms. The Hall–Kier alpha value is -4.50. The van der Waals surface area contributed by atoms with E-state index in [-0.39, 0.29) is 18.3 Å². The summed E-state index contributed by atoms with van der Waals surface area (Å²) in [5.74, 6) is 0.605. The van der Waals surface area contributed by atoms with Gasteiger partial charge < -0.3 is 19.9 Å². The molecule has 4 rings (SSSR count). The van der Waals surface area contributed by atoms with Crippen LogP contribution in [-0.4, -0.2) is 12.6 Å². The largest absolute Gasteiger partial charge is 0.490 e. The molecule has 1 aliphatic rings. The minimum Gasteiger partial charge on any atom is -0.490 e. The van der Waals surface area contributed by atoms with Crippen LogP contribution in [0.5, 0.6) is 17.2 Å². The molecule has 33 heavy (non-hydrogen) atoms. The van der Waals surface area contributed by atoms with Gasteiger partial charge in [-0.05, 0) is 29.3 Å². The minimum atomic E-state index is -0.444. The third-order valence-corrected chi connectivity index (χ3v) is 5.17. The third kappa shape index (κ3) is 4.89. The number of hydrogen-bond donors (Lipinski definition) is 1. The maximum atomic E-state index is 12.4. The maximum Gasteiger partial charge on any atom is 0.315 e. The molecule has 0 fully saturated rings. The number of ether oxygens (including phenoxy) is 3. The Morgan fingerprint density at radius 3 is 2.67 bits per heavy atom. The zero-order chi connectivity index (χ0) is 23.2. The van der Waals surface area contributed by atoms with Crippen molar-refractivity contribution in [2.24, 2.45) is 5.73 Å². The minimum absolute atomic E-state index is 0.0141. The van der Waals surface area contributed by atoms with Gasteiger partial charge in [0.1, 0.15) is 35.5 Å². The number of fused-ring (bicyclic) bond motifs is 1. The van der Waals surface area contributed by atoms with Crippen molar-refractivity contribution in [1.29, 1.82) is 5.26 Å². The SMILES string of the molecule is C=CCOc1cccc(C2C(C#N)=C(N)Oc3cc(OC(=O)Cc4ccccc4)ccc32)c1. The van der Waals surface area contributed by atoms with Gasteiger partial charge >= 0.3 is 5.97 Å². The van der Waals surface area contributed by atoms with Crippen molar-refractivity contribution in [2.75, 3.05) is 6.61 Å². The van der Waals surface area contributed by atoms with E-state index >= 15 is 0 Å². The van der Waals surface area contributed by atoms with Crippen molar-refractivity contribution in [1.82, 2.24) is 0 Å². The second-order valence-corrected chi connectivity index (χ2v) is 7.43. The second kappa shape index (κ2) is 9.75. The van der Waals surface area contributed by atoms with Crippen LogP contribution in [0.15, 0.2) is 96.9 Å². The molecule has 1 atom stereocenters. The molecule has 1 aliphatic heterocycles. The number of carbonyl (C=O) groups is 1. The number of allylic oxidation sites excluding steroid dienone is 1. The van der Waals surface area contributed by atoms with E-state index in [4.69, 9.17) is 19.9 Å². The molecule has 0 saturated heterocycles. The number of nitrogens with zero attached hydrogens (tertiary/aromatic N) is 1. The van der Waals surface area contributed by atoms with E-state index in [2.05, 4.69) is 12.6 Å². The summed E-state index contributed by atoms with van der Waals surface area (Å²) in [5, 5.41) is 9.76. The lowest BCUT2D eigenvalue weighted by atomic mass is 9.83. The molecule has 6 nitrogen and oxygen atoms in total. The number of nitrogens with two attached hydrogens (primary N) is 1. The van der Waals surface area contributed by atoms with E-state index in [9.17, 15) is 10.1 Å². The Morgan fingerprint density at radius 2 is 1.91 bits per heavy atom. The number of hydrogen-bond acceptors (Lipinski definition) is 6. The van der Waals surface area contributed by atoms with E-state index in [1.54, 1.807) is 24.3 Å². The Morgan fingerprint density at radius 1 is 1.09 bits per heavy atom. The number of rotatable bonds is 7. The van der Waals surface area contributed by atoms with Crippen LogP contribution >= 0.6 is 0 Å². The van der Waals surface area contributed by atoms with Gasteiger partial charge in [0, 0.05) is 11.6 Å². The molecular formula is C27H22N2O4.